The number of hydrogen-bond donors (Lipinski definition) is 1. The maximum Gasteiger partial charge on any atom is 0.236 e. The minimum atomic E-state index is -0.331. The lowest BCUT2D eigenvalue weighted by Crippen LogP contribution is -2.56. The Morgan fingerprint density at radius 1 is 1.40 bits per heavy atom. The van der Waals surface area contributed by atoms with Crippen LogP contribution in [0.4, 0.5) is 0 Å². The fourth-order valence-corrected chi connectivity index (χ4v) is 5.52. The zero-order chi connectivity index (χ0) is 18.0. The van der Waals surface area contributed by atoms with E-state index in [1.165, 1.54) is 0 Å². The van der Waals surface area contributed by atoms with Crippen molar-refractivity contribution < 1.29 is 9.90 Å². The van der Waals surface area contributed by atoms with Gasteiger partial charge in [-0.2, -0.15) is 0 Å². The topological polar surface area (TPSA) is 56.7 Å². The van der Waals surface area contributed by atoms with Gasteiger partial charge in [0.05, 0.1) is 21.6 Å². The number of aromatic nitrogens is 1. The number of fused-ring (bicyclic) bond motifs is 1. The number of piperazine rings is 1. The lowest BCUT2D eigenvalue weighted by atomic mass is 10.1. The molecule has 136 valence electrons. The number of carbonyl (C=O) groups is 1. The lowest BCUT2D eigenvalue weighted by Gasteiger charge is -2.41. The van der Waals surface area contributed by atoms with Crippen LogP contribution in [-0.2, 0) is 4.79 Å². The van der Waals surface area contributed by atoms with Gasteiger partial charge < -0.3 is 10.0 Å². The molecule has 0 spiro atoms. The maximum atomic E-state index is 12.9. The minimum absolute atomic E-state index is 0.147. The summed E-state index contributed by atoms with van der Waals surface area (Å²) < 4.78 is 2.10. The molecule has 0 aliphatic carbocycles. The van der Waals surface area contributed by atoms with Gasteiger partial charge in [-0.15, -0.1) is 11.3 Å². The van der Waals surface area contributed by atoms with Gasteiger partial charge in [-0.05, 0) is 32.9 Å². The van der Waals surface area contributed by atoms with Gasteiger partial charge in [0.15, 0.2) is 4.34 Å². The molecule has 1 saturated heterocycles. The number of amides is 1. The van der Waals surface area contributed by atoms with E-state index in [1.54, 1.807) is 30.0 Å². The van der Waals surface area contributed by atoms with Crippen LogP contribution < -0.4 is 0 Å². The van der Waals surface area contributed by atoms with E-state index >= 15 is 0 Å². The summed E-state index contributed by atoms with van der Waals surface area (Å²) >= 11 is 3.19. The maximum absolute atomic E-state index is 12.9. The largest absolute Gasteiger partial charge is 0.392 e. The standard InChI is InChI=1S/C18H25N3O2S2/c1-12-10-20(11-13(2)22)8-9-21(12)17(23)14(3)24-18-19-15-6-4-5-7-16(15)25-18/h4-7,12-14,22H,8-11H2,1-3H3/t12-,13+,14-/m1/s1. The number of rotatable bonds is 5. The van der Waals surface area contributed by atoms with Crippen LogP contribution in [0.2, 0.25) is 0 Å². The highest BCUT2D eigenvalue weighted by Gasteiger charge is 2.31. The average Bonchev–Trinajstić information content (AvgIpc) is 2.96. The highest BCUT2D eigenvalue weighted by molar-refractivity contribution is 8.02. The molecule has 3 rings (SSSR count). The molecule has 0 radical (unpaired) electrons. The van der Waals surface area contributed by atoms with E-state index in [4.69, 9.17) is 0 Å². The van der Waals surface area contributed by atoms with Crippen LogP contribution in [0.25, 0.3) is 10.2 Å². The Hall–Kier alpha value is -1.15. The molecule has 1 aliphatic heterocycles. The van der Waals surface area contributed by atoms with E-state index < -0.39 is 0 Å². The molecule has 2 heterocycles. The molecule has 1 aliphatic rings. The monoisotopic (exact) mass is 379 g/mol. The molecule has 0 bridgehead atoms. The SMILES string of the molecule is C[C@H](O)CN1CCN(C(=O)[C@@H](C)Sc2nc3ccccc3s2)[C@H](C)C1. The summed E-state index contributed by atoms with van der Waals surface area (Å²) in [5.41, 5.74) is 0.995. The Morgan fingerprint density at radius 3 is 2.84 bits per heavy atom. The van der Waals surface area contributed by atoms with E-state index in [9.17, 15) is 9.90 Å². The third kappa shape index (κ3) is 4.53. The van der Waals surface area contributed by atoms with Crippen LogP contribution in [-0.4, -0.2) is 69.4 Å². The van der Waals surface area contributed by atoms with Gasteiger partial charge in [0.1, 0.15) is 0 Å². The van der Waals surface area contributed by atoms with Crippen molar-refractivity contribution in [1.82, 2.24) is 14.8 Å². The summed E-state index contributed by atoms with van der Waals surface area (Å²) in [6.07, 6.45) is -0.331. The van der Waals surface area contributed by atoms with Crippen molar-refractivity contribution >= 4 is 39.2 Å². The molecular weight excluding hydrogens is 354 g/mol. The van der Waals surface area contributed by atoms with E-state index in [2.05, 4.69) is 22.9 Å². The number of thiazole rings is 1. The molecule has 2 aromatic rings. The number of benzene rings is 1. The minimum Gasteiger partial charge on any atom is -0.392 e. The van der Waals surface area contributed by atoms with Gasteiger partial charge in [-0.1, -0.05) is 23.9 Å². The van der Waals surface area contributed by atoms with Crippen LogP contribution >= 0.6 is 23.1 Å². The first-order valence-corrected chi connectivity index (χ1v) is 10.4. The second kappa shape index (κ2) is 8.03. The quantitative estimate of drug-likeness (QED) is 0.810. The van der Waals surface area contributed by atoms with Crippen molar-refractivity contribution in [2.45, 2.75) is 42.5 Å². The van der Waals surface area contributed by atoms with E-state index in [-0.39, 0.29) is 23.3 Å². The van der Waals surface area contributed by atoms with Crippen molar-refractivity contribution in [3.8, 4) is 0 Å². The molecule has 0 saturated carbocycles. The van der Waals surface area contributed by atoms with Crippen LogP contribution in [0.1, 0.15) is 20.8 Å². The first-order chi connectivity index (χ1) is 11.9. The van der Waals surface area contributed by atoms with Crippen LogP contribution in [0.3, 0.4) is 0 Å². The molecule has 1 amide bonds. The number of hydrogen-bond acceptors (Lipinski definition) is 6. The zero-order valence-corrected chi connectivity index (χ0v) is 16.5. The number of para-hydroxylation sites is 1. The molecule has 0 unspecified atom stereocenters. The highest BCUT2D eigenvalue weighted by Crippen LogP contribution is 2.32. The van der Waals surface area contributed by atoms with E-state index in [0.29, 0.717) is 6.54 Å². The van der Waals surface area contributed by atoms with Crippen LogP contribution in [0.15, 0.2) is 28.6 Å². The second-order valence-corrected chi connectivity index (χ2v) is 9.32. The Balaban J connectivity index is 1.60. The number of aliphatic hydroxyl groups is 1. The van der Waals surface area contributed by atoms with Gasteiger partial charge in [0, 0.05) is 32.2 Å². The fourth-order valence-electron chi connectivity index (χ4n) is 3.24. The summed E-state index contributed by atoms with van der Waals surface area (Å²) in [4.78, 5) is 21.7. The van der Waals surface area contributed by atoms with Gasteiger partial charge in [0.25, 0.3) is 0 Å². The molecule has 1 aromatic heterocycles. The number of thioether (sulfide) groups is 1. The normalized spacial score (nSPS) is 21.4. The summed E-state index contributed by atoms with van der Waals surface area (Å²) in [5, 5.41) is 9.40. The van der Waals surface area contributed by atoms with Crippen molar-refractivity contribution in [1.29, 1.82) is 0 Å². The summed E-state index contributed by atoms with van der Waals surface area (Å²) in [5.74, 6) is 0.174. The van der Waals surface area contributed by atoms with Crippen molar-refractivity contribution in [3.05, 3.63) is 24.3 Å². The van der Waals surface area contributed by atoms with Gasteiger partial charge in [0.2, 0.25) is 5.91 Å². The van der Waals surface area contributed by atoms with Crippen LogP contribution in [0, 0.1) is 0 Å². The summed E-state index contributed by atoms with van der Waals surface area (Å²) in [6, 6.07) is 8.23. The average molecular weight is 380 g/mol. The third-order valence-corrected chi connectivity index (χ3v) is 6.63. The Morgan fingerprint density at radius 2 is 2.16 bits per heavy atom. The molecular formula is C18H25N3O2S2. The number of aliphatic hydroxyl groups excluding tert-OH is 1. The summed E-state index contributed by atoms with van der Waals surface area (Å²) in [6.45, 7) is 8.88. The number of β-amino-alcohol motifs (C(OH)–C–C–N with tert-alkyl or cyclic N) is 1. The Bertz CT molecular complexity index is 701. The van der Waals surface area contributed by atoms with E-state index in [1.807, 2.05) is 30.0 Å². The fraction of sp³-hybridized carbons (Fsp3) is 0.556. The number of nitrogens with zero attached hydrogens (tertiary/aromatic N) is 3. The summed E-state index contributed by atoms with van der Waals surface area (Å²) in [7, 11) is 0. The molecule has 5 nitrogen and oxygen atoms in total. The van der Waals surface area contributed by atoms with Gasteiger partial charge in [-0.3, -0.25) is 9.69 Å². The van der Waals surface area contributed by atoms with Crippen molar-refractivity contribution in [2.75, 3.05) is 26.2 Å². The number of carbonyl (C=O) groups excluding carboxylic acids is 1. The molecule has 7 heteroatoms. The third-order valence-electron chi connectivity index (χ3n) is 4.42. The predicted molar refractivity (Wildman–Crippen MR) is 104 cm³/mol. The molecule has 25 heavy (non-hydrogen) atoms. The van der Waals surface area contributed by atoms with E-state index in [0.717, 1.165) is 34.2 Å². The predicted octanol–water partition coefficient (Wildman–Crippen LogP) is 2.69. The first-order valence-electron chi connectivity index (χ1n) is 8.67. The smallest absolute Gasteiger partial charge is 0.236 e. The van der Waals surface area contributed by atoms with Crippen LogP contribution in [0.5, 0.6) is 0 Å². The molecule has 1 fully saturated rings. The Kier molecular flexibility index (Phi) is 5.99. The van der Waals surface area contributed by atoms with Gasteiger partial charge >= 0.3 is 0 Å². The highest BCUT2D eigenvalue weighted by atomic mass is 32.2. The molecule has 1 N–H and O–H groups in total. The molecule has 1 aromatic carbocycles. The lowest BCUT2D eigenvalue weighted by molar-refractivity contribution is -0.134. The van der Waals surface area contributed by atoms with Crippen molar-refractivity contribution in [3.63, 3.8) is 0 Å². The van der Waals surface area contributed by atoms with Crippen molar-refractivity contribution in [2.24, 2.45) is 0 Å². The van der Waals surface area contributed by atoms with Gasteiger partial charge in [-0.25, -0.2) is 4.98 Å². The zero-order valence-electron chi connectivity index (χ0n) is 14.9. The second-order valence-electron chi connectivity index (χ2n) is 6.70. The first kappa shape index (κ1) is 18.6. The Labute approximate surface area is 157 Å². The molecule has 3 atom stereocenters.